The molecule has 2 aromatic carbocycles. The Morgan fingerprint density at radius 2 is 1.76 bits per heavy atom. The summed E-state index contributed by atoms with van der Waals surface area (Å²) in [5, 5.41) is 3.57. The van der Waals surface area contributed by atoms with Gasteiger partial charge in [0, 0.05) is 22.5 Å². The van der Waals surface area contributed by atoms with Gasteiger partial charge in [0.2, 0.25) is 0 Å². The average molecular weight is 254 g/mol. The van der Waals surface area contributed by atoms with Crippen LogP contribution in [0, 0.1) is 18.6 Å². The fourth-order valence-electron chi connectivity index (χ4n) is 1.46. The molecule has 0 heterocycles. The van der Waals surface area contributed by atoms with Gasteiger partial charge in [0.15, 0.2) is 11.6 Å². The normalized spacial score (nSPS) is 10.4. The predicted molar refractivity (Wildman–Crippen MR) is 65.8 cm³/mol. The van der Waals surface area contributed by atoms with Crippen LogP contribution in [0.2, 0.25) is 5.02 Å². The van der Waals surface area contributed by atoms with Crippen LogP contribution in [0.5, 0.6) is 0 Å². The van der Waals surface area contributed by atoms with E-state index in [1.807, 2.05) is 13.0 Å². The number of aryl methyl sites for hydroxylation is 1. The Morgan fingerprint density at radius 3 is 2.47 bits per heavy atom. The Bertz CT molecular complexity index is 555. The van der Waals surface area contributed by atoms with E-state index in [0.717, 1.165) is 23.4 Å². The molecule has 0 amide bonds. The minimum absolute atomic E-state index is 0.481. The number of nitrogens with one attached hydrogen (secondary N) is 1. The third-order valence-corrected chi connectivity index (χ3v) is 2.63. The third-order valence-electron chi connectivity index (χ3n) is 2.40. The summed E-state index contributed by atoms with van der Waals surface area (Å²) >= 11 is 5.87. The Kier molecular flexibility index (Phi) is 3.29. The van der Waals surface area contributed by atoms with Gasteiger partial charge in [-0.15, -0.1) is 0 Å². The maximum Gasteiger partial charge on any atom is 0.160 e. The largest absolute Gasteiger partial charge is 0.355 e. The fourth-order valence-corrected chi connectivity index (χ4v) is 1.63. The van der Waals surface area contributed by atoms with E-state index in [-0.39, 0.29) is 0 Å². The lowest BCUT2D eigenvalue weighted by molar-refractivity contribution is 0.509. The molecule has 0 bridgehead atoms. The van der Waals surface area contributed by atoms with Gasteiger partial charge in [-0.05, 0) is 36.8 Å². The van der Waals surface area contributed by atoms with E-state index in [4.69, 9.17) is 11.6 Å². The molecule has 1 nitrogen and oxygen atoms in total. The van der Waals surface area contributed by atoms with Crippen molar-refractivity contribution in [3.63, 3.8) is 0 Å². The van der Waals surface area contributed by atoms with E-state index in [9.17, 15) is 8.78 Å². The van der Waals surface area contributed by atoms with Crippen LogP contribution in [-0.2, 0) is 0 Å². The molecule has 0 aliphatic carbocycles. The highest BCUT2D eigenvalue weighted by molar-refractivity contribution is 6.30. The van der Waals surface area contributed by atoms with E-state index >= 15 is 0 Å². The van der Waals surface area contributed by atoms with Gasteiger partial charge in [-0.1, -0.05) is 17.7 Å². The lowest BCUT2D eigenvalue weighted by atomic mass is 10.2. The molecule has 0 aliphatic heterocycles. The Balaban J connectivity index is 2.31. The monoisotopic (exact) mass is 253 g/mol. The van der Waals surface area contributed by atoms with Crippen molar-refractivity contribution < 1.29 is 8.78 Å². The van der Waals surface area contributed by atoms with Crippen molar-refractivity contribution in [2.45, 2.75) is 6.92 Å². The van der Waals surface area contributed by atoms with Crippen LogP contribution in [0.25, 0.3) is 0 Å². The molecule has 0 aromatic heterocycles. The number of rotatable bonds is 2. The van der Waals surface area contributed by atoms with Gasteiger partial charge >= 0.3 is 0 Å². The van der Waals surface area contributed by atoms with Gasteiger partial charge in [-0.2, -0.15) is 0 Å². The van der Waals surface area contributed by atoms with Crippen LogP contribution in [0.1, 0.15) is 5.56 Å². The number of hydrogen-bond donors (Lipinski definition) is 1. The molecule has 2 aromatic rings. The molecular formula is C13H10ClF2N. The van der Waals surface area contributed by atoms with E-state index in [1.165, 1.54) is 6.07 Å². The zero-order chi connectivity index (χ0) is 12.4. The molecule has 1 N–H and O–H groups in total. The van der Waals surface area contributed by atoms with Gasteiger partial charge < -0.3 is 5.32 Å². The highest BCUT2D eigenvalue weighted by atomic mass is 35.5. The predicted octanol–water partition coefficient (Wildman–Crippen LogP) is 4.67. The van der Waals surface area contributed by atoms with Gasteiger partial charge in [0.25, 0.3) is 0 Å². The summed E-state index contributed by atoms with van der Waals surface area (Å²) in [5.74, 6) is -1.74. The van der Waals surface area contributed by atoms with Crippen LogP contribution in [0.4, 0.5) is 20.2 Å². The van der Waals surface area contributed by atoms with Gasteiger partial charge in [0.1, 0.15) is 0 Å². The first-order valence-corrected chi connectivity index (χ1v) is 5.42. The molecule has 17 heavy (non-hydrogen) atoms. The lowest BCUT2D eigenvalue weighted by Crippen LogP contribution is -1.94. The highest BCUT2D eigenvalue weighted by Gasteiger charge is 2.04. The molecule has 0 fully saturated rings. The van der Waals surface area contributed by atoms with Crippen molar-refractivity contribution in [2.75, 3.05) is 5.32 Å². The molecule has 0 unspecified atom stereocenters. The molecule has 0 spiro atoms. The van der Waals surface area contributed by atoms with E-state index in [0.29, 0.717) is 10.7 Å². The average Bonchev–Trinajstić information content (AvgIpc) is 2.29. The van der Waals surface area contributed by atoms with Crippen molar-refractivity contribution in [2.24, 2.45) is 0 Å². The van der Waals surface area contributed by atoms with Gasteiger partial charge in [-0.3, -0.25) is 0 Å². The van der Waals surface area contributed by atoms with Crippen LogP contribution < -0.4 is 5.32 Å². The molecule has 0 saturated carbocycles. The molecule has 88 valence electrons. The van der Waals surface area contributed by atoms with Crippen LogP contribution in [0.3, 0.4) is 0 Å². The maximum absolute atomic E-state index is 13.0. The van der Waals surface area contributed by atoms with E-state index in [2.05, 4.69) is 5.32 Å². The number of benzene rings is 2. The first-order valence-electron chi connectivity index (χ1n) is 5.04. The summed E-state index contributed by atoms with van der Waals surface area (Å²) in [6, 6.07) is 9.02. The first kappa shape index (κ1) is 11.9. The Hall–Kier alpha value is -1.61. The zero-order valence-corrected chi connectivity index (χ0v) is 9.85. The number of anilines is 2. The molecule has 0 saturated heterocycles. The summed E-state index contributed by atoms with van der Waals surface area (Å²) < 4.78 is 25.8. The fraction of sp³-hybridized carbons (Fsp3) is 0.0769. The molecule has 2 rings (SSSR count). The number of hydrogen-bond acceptors (Lipinski definition) is 1. The van der Waals surface area contributed by atoms with Crippen molar-refractivity contribution in [3.05, 3.63) is 58.6 Å². The second-order valence-electron chi connectivity index (χ2n) is 3.71. The summed E-state index contributed by atoms with van der Waals surface area (Å²) in [6.07, 6.45) is 0. The van der Waals surface area contributed by atoms with Crippen molar-refractivity contribution in [1.29, 1.82) is 0 Å². The Morgan fingerprint density at radius 1 is 1.00 bits per heavy atom. The summed E-state index contributed by atoms with van der Waals surface area (Å²) in [7, 11) is 0. The van der Waals surface area contributed by atoms with Gasteiger partial charge in [0.05, 0.1) is 0 Å². The third kappa shape index (κ3) is 2.74. The van der Waals surface area contributed by atoms with Crippen LogP contribution in [0.15, 0.2) is 36.4 Å². The molecule has 0 radical (unpaired) electrons. The van der Waals surface area contributed by atoms with Crippen molar-refractivity contribution >= 4 is 23.0 Å². The first-order chi connectivity index (χ1) is 8.06. The summed E-state index contributed by atoms with van der Waals surface area (Å²) in [5.41, 5.74) is 2.22. The van der Waals surface area contributed by atoms with Crippen LogP contribution in [-0.4, -0.2) is 0 Å². The smallest absolute Gasteiger partial charge is 0.160 e. The standard InChI is InChI=1S/C13H10ClF2N/c1-8-2-3-9(14)6-13(8)17-10-4-5-11(15)12(16)7-10/h2-7,17H,1H3. The van der Waals surface area contributed by atoms with E-state index < -0.39 is 11.6 Å². The van der Waals surface area contributed by atoms with Crippen molar-refractivity contribution in [3.8, 4) is 0 Å². The summed E-state index contributed by atoms with van der Waals surface area (Å²) in [6.45, 7) is 1.90. The van der Waals surface area contributed by atoms with E-state index in [1.54, 1.807) is 12.1 Å². The quantitative estimate of drug-likeness (QED) is 0.820. The zero-order valence-electron chi connectivity index (χ0n) is 9.10. The molecule has 4 heteroatoms. The highest BCUT2D eigenvalue weighted by Crippen LogP contribution is 2.24. The molecule has 0 atom stereocenters. The number of halogens is 3. The Labute approximate surface area is 103 Å². The lowest BCUT2D eigenvalue weighted by Gasteiger charge is -2.10. The maximum atomic E-state index is 13.0. The topological polar surface area (TPSA) is 12.0 Å². The molecule has 0 aliphatic rings. The second-order valence-corrected chi connectivity index (χ2v) is 4.15. The molecular weight excluding hydrogens is 244 g/mol. The van der Waals surface area contributed by atoms with Crippen molar-refractivity contribution in [1.82, 2.24) is 0 Å². The minimum Gasteiger partial charge on any atom is -0.355 e. The SMILES string of the molecule is Cc1ccc(Cl)cc1Nc1ccc(F)c(F)c1. The van der Waals surface area contributed by atoms with Crippen LogP contribution >= 0.6 is 11.6 Å². The van der Waals surface area contributed by atoms with Gasteiger partial charge in [-0.25, -0.2) is 8.78 Å². The summed E-state index contributed by atoms with van der Waals surface area (Å²) in [4.78, 5) is 0. The minimum atomic E-state index is -0.880. The second kappa shape index (κ2) is 4.72.